The van der Waals surface area contributed by atoms with Gasteiger partial charge in [0.05, 0.1) is 20.2 Å². The number of rotatable bonds is 10. The summed E-state index contributed by atoms with van der Waals surface area (Å²) < 4.78 is 35.0. The van der Waals surface area contributed by atoms with Crippen molar-refractivity contribution in [3.05, 3.63) is 29.8 Å². The fourth-order valence-electron chi connectivity index (χ4n) is 1.77. The van der Waals surface area contributed by atoms with Crippen molar-refractivity contribution in [3.8, 4) is 5.75 Å². The summed E-state index contributed by atoms with van der Waals surface area (Å²) >= 11 is 0. The monoisotopic (exact) mass is 329 g/mol. The number of alkyl halides is 2. The number of aliphatic imine (C=N–C) groups is 1. The van der Waals surface area contributed by atoms with Crippen LogP contribution in [0.15, 0.2) is 29.3 Å². The van der Waals surface area contributed by atoms with Crippen LogP contribution in [0.5, 0.6) is 5.75 Å². The third kappa shape index (κ3) is 8.97. The smallest absolute Gasteiger partial charge is 0.255 e. The lowest BCUT2D eigenvalue weighted by atomic mass is 10.2. The van der Waals surface area contributed by atoms with Crippen molar-refractivity contribution in [2.45, 2.75) is 26.3 Å². The van der Waals surface area contributed by atoms with Crippen molar-refractivity contribution in [2.24, 2.45) is 4.99 Å². The van der Waals surface area contributed by atoms with Crippen molar-refractivity contribution in [2.75, 3.05) is 33.4 Å². The van der Waals surface area contributed by atoms with Crippen LogP contribution in [-0.2, 0) is 11.3 Å². The van der Waals surface area contributed by atoms with E-state index < -0.39 is 13.0 Å². The van der Waals surface area contributed by atoms with Gasteiger partial charge in [-0.25, -0.2) is 13.8 Å². The number of hydrogen-bond acceptors (Lipinski definition) is 3. The van der Waals surface area contributed by atoms with Crippen LogP contribution in [0.1, 0.15) is 18.9 Å². The maximum absolute atomic E-state index is 12.4. The largest absolute Gasteiger partial charge is 0.497 e. The normalized spacial score (nSPS) is 11.6. The predicted octanol–water partition coefficient (Wildman–Crippen LogP) is 2.42. The molecule has 2 N–H and O–H groups in total. The maximum Gasteiger partial charge on any atom is 0.255 e. The second kappa shape index (κ2) is 11.6. The van der Waals surface area contributed by atoms with Crippen molar-refractivity contribution in [1.82, 2.24) is 10.6 Å². The van der Waals surface area contributed by atoms with Gasteiger partial charge in [0, 0.05) is 19.8 Å². The van der Waals surface area contributed by atoms with Gasteiger partial charge in [-0.15, -0.1) is 0 Å². The number of ether oxygens (including phenoxy) is 2. The van der Waals surface area contributed by atoms with E-state index >= 15 is 0 Å². The number of hydrogen-bond donors (Lipinski definition) is 2. The molecular weight excluding hydrogens is 304 g/mol. The van der Waals surface area contributed by atoms with E-state index in [9.17, 15) is 8.78 Å². The first-order valence-electron chi connectivity index (χ1n) is 7.66. The molecule has 0 aliphatic heterocycles. The van der Waals surface area contributed by atoms with Gasteiger partial charge in [-0.2, -0.15) is 0 Å². The second-order valence-electron chi connectivity index (χ2n) is 4.76. The molecule has 23 heavy (non-hydrogen) atoms. The highest BCUT2D eigenvalue weighted by molar-refractivity contribution is 5.79. The molecule has 0 saturated heterocycles. The van der Waals surface area contributed by atoms with Crippen LogP contribution in [0.4, 0.5) is 8.78 Å². The molecule has 0 aromatic heterocycles. The Kier molecular flexibility index (Phi) is 9.70. The minimum Gasteiger partial charge on any atom is -0.497 e. The zero-order valence-corrected chi connectivity index (χ0v) is 13.6. The Bertz CT molecular complexity index is 453. The van der Waals surface area contributed by atoms with E-state index in [-0.39, 0.29) is 0 Å². The first-order chi connectivity index (χ1) is 11.2. The summed E-state index contributed by atoms with van der Waals surface area (Å²) in [5.41, 5.74) is 0.971. The highest BCUT2D eigenvalue weighted by Crippen LogP contribution is 2.11. The SMILES string of the molecule is CCOCCCNC(=NCc1ccc(OC)cc1)NCC(F)F. The standard InChI is InChI=1S/C16H25F2N3O2/c1-3-23-10-4-9-19-16(21-12-15(17)18)20-11-13-5-7-14(22-2)8-6-13/h5-8,15H,3-4,9-12H2,1-2H3,(H2,19,20,21). The molecule has 1 rings (SSSR count). The second-order valence-corrected chi connectivity index (χ2v) is 4.76. The molecule has 0 heterocycles. The van der Waals surface area contributed by atoms with Crippen LogP contribution in [0.2, 0.25) is 0 Å². The lowest BCUT2D eigenvalue weighted by Gasteiger charge is -2.12. The molecule has 0 spiro atoms. The molecule has 0 saturated carbocycles. The van der Waals surface area contributed by atoms with E-state index in [1.54, 1.807) is 7.11 Å². The number of halogens is 2. The van der Waals surface area contributed by atoms with E-state index in [4.69, 9.17) is 9.47 Å². The minimum absolute atomic E-state index is 0.373. The van der Waals surface area contributed by atoms with E-state index in [0.717, 1.165) is 17.7 Å². The summed E-state index contributed by atoms with van der Waals surface area (Å²) in [5, 5.41) is 5.65. The Balaban J connectivity index is 2.50. The van der Waals surface area contributed by atoms with Gasteiger partial charge in [-0.1, -0.05) is 12.1 Å². The molecule has 0 aliphatic carbocycles. The van der Waals surface area contributed by atoms with Gasteiger partial charge in [0.25, 0.3) is 6.43 Å². The Labute approximate surface area is 136 Å². The highest BCUT2D eigenvalue weighted by atomic mass is 19.3. The Morgan fingerprint density at radius 1 is 1.22 bits per heavy atom. The van der Waals surface area contributed by atoms with Crippen LogP contribution in [-0.4, -0.2) is 45.8 Å². The van der Waals surface area contributed by atoms with Gasteiger partial charge in [0.1, 0.15) is 5.75 Å². The lowest BCUT2D eigenvalue weighted by molar-refractivity contribution is 0.145. The minimum atomic E-state index is -2.42. The number of nitrogens with zero attached hydrogens (tertiary/aromatic N) is 1. The van der Waals surface area contributed by atoms with Crippen LogP contribution in [0.25, 0.3) is 0 Å². The zero-order chi connectivity index (χ0) is 16.9. The summed E-state index contributed by atoms with van der Waals surface area (Å²) in [6.07, 6.45) is -1.64. The summed E-state index contributed by atoms with van der Waals surface area (Å²) in [6, 6.07) is 7.46. The average molecular weight is 329 g/mol. The molecule has 130 valence electrons. The van der Waals surface area contributed by atoms with E-state index in [1.807, 2.05) is 31.2 Å². The van der Waals surface area contributed by atoms with Gasteiger partial charge in [-0.3, -0.25) is 0 Å². The van der Waals surface area contributed by atoms with E-state index in [2.05, 4.69) is 15.6 Å². The first-order valence-corrected chi connectivity index (χ1v) is 7.66. The Morgan fingerprint density at radius 2 is 1.96 bits per heavy atom. The molecule has 0 fully saturated rings. The third-order valence-electron chi connectivity index (χ3n) is 2.96. The van der Waals surface area contributed by atoms with Crippen LogP contribution in [0.3, 0.4) is 0 Å². The topological polar surface area (TPSA) is 54.9 Å². The van der Waals surface area contributed by atoms with Crippen LogP contribution in [0, 0.1) is 0 Å². The lowest BCUT2D eigenvalue weighted by Crippen LogP contribution is -2.40. The highest BCUT2D eigenvalue weighted by Gasteiger charge is 2.04. The first kappa shape index (κ1) is 19.2. The number of guanidine groups is 1. The zero-order valence-electron chi connectivity index (χ0n) is 13.6. The quantitative estimate of drug-likeness (QED) is 0.393. The van der Waals surface area contributed by atoms with E-state index in [1.165, 1.54) is 0 Å². The molecular formula is C16H25F2N3O2. The molecule has 7 heteroatoms. The molecule has 0 unspecified atom stereocenters. The van der Waals surface area contributed by atoms with Gasteiger partial charge in [0.2, 0.25) is 0 Å². The molecule has 0 radical (unpaired) electrons. The van der Waals surface area contributed by atoms with Gasteiger partial charge >= 0.3 is 0 Å². The molecule has 0 atom stereocenters. The molecule has 1 aromatic carbocycles. The number of methoxy groups -OCH3 is 1. The summed E-state index contributed by atoms with van der Waals surface area (Å²) in [5.74, 6) is 1.14. The molecule has 0 bridgehead atoms. The predicted molar refractivity (Wildman–Crippen MR) is 87.3 cm³/mol. The van der Waals surface area contributed by atoms with E-state index in [0.29, 0.717) is 32.3 Å². The van der Waals surface area contributed by atoms with Gasteiger partial charge in [0.15, 0.2) is 5.96 Å². The van der Waals surface area contributed by atoms with Gasteiger partial charge < -0.3 is 20.1 Å². The van der Waals surface area contributed by atoms with Crippen LogP contribution >= 0.6 is 0 Å². The van der Waals surface area contributed by atoms with Crippen molar-refractivity contribution < 1.29 is 18.3 Å². The molecule has 0 aliphatic rings. The van der Waals surface area contributed by atoms with Crippen molar-refractivity contribution in [3.63, 3.8) is 0 Å². The maximum atomic E-state index is 12.4. The molecule has 5 nitrogen and oxygen atoms in total. The fraction of sp³-hybridized carbons (Fsp3) is 0.562. The van der Waals surface area contributed by atoms with Crippen LogP contribution < -0.4 is 15.4 Å². The number of benzene rings is 1. The molecule has 1 aromatic rings. The molecule has 0 amide bonds. The summed E-state index contributed by atoms with van der Waals surface area (Å²) in [7, 11) is 1.60. The average Bonchev–Trinajstić information content (AvgIpc) is 2.56. The summed E-state index contributed by atoms with van der Waals surface area (Å²) in [6.45, 7) is 3.80. The fourth-order valence-corrected chi connectivity index (χ4v) is 1.77. The third-order valence-corrected chi connectivity index (χ3v) is 2.96. The van der Waals surface area contributed by atoms with Gasteiger partial charge in [-0.05, 0) is 31.0 Å². The van der Waals surface area contributed by atoms with Crippen molar-refractivity contribution >= 4 is 5.96 Å². The Hall–Kier alpha value is -1.89. The summed E-state index contributed by atoms with van der Waals surface area (Å²) in [4.78, 5) is 4.32. The Morgan fingerprint density at radius 3 is 2.57 bits per heavy atom. The van der Waals surface area contributed by atoms with Crippen molar-refractivity contribution in [1.29, 1.82) is 0 Å². The number of nitrogens with one attached hydrogen (secondary N) is 2.